The van der Waals surface area contributed by atoms with Crippen LogP contribution in [-0.4, -0.2) is 53.6 Å². The van der Waals surface area contributed by atoms with Crippen molar-refractivity contribution in [2.75, 3.05) is 26.2 Å². The zero-order valence-electron chi connectivity index (χ0n) is 19.7. The van der Waals surface area contributed by atoms with Crippen molar-refractivity contribution in [3.8, 4) is 33.9 Å². The van der Waals surface area contributed by atoms with Crippen LogP contribution < -0.4 is 10.6 Å². The first kappa shape index (κ1) is 23.8. The van der Waals surface area contributed by atoms with E-state index in [1.165, 1.54) is 6.07 Å². The molecule has 1 atom stereocenters. The maximum atomic E-state index is 12.8. The molecule has 1 aromatic heterocycles. The summed E-state index contributed by atoms with van der Waals surface area (Å²) in [6, 6.07) is 10.8. The molecule has 1 fully saturated rings. The van der Waals surface area contributed by atoms with E-state index in [0.717, 1.165) is 30.6 Å². The number of phenols is 2. The van der Waals surface area contributed by atoms with Crippen LogP contribution in [0.15, 0.2) is 40.9 Å². The molecule has 4 N–H and O–H groups in total. The number of carbonyl (C=O) groups excluding carboxylic acids is 1. The van der Waals surface area contributed by atoms with E-state index in [1.54, 1.807) is 6.07 Å². The summed E-state index contributed by atoms with van der Waals surface area (Å²) in [4.78, 5) is 12.8. The molecular formula is C26H31N3O5. The maximum absolute atomic E-state index is 12.8. The van der Waals surface area contributed by atoms with E-state index in [1.807, 2.05) is 45.0 Å². The Labute approximate surface area is 198 Å². The Morgan fingerprint density at radius 1 is 1.21 bits per heavy atom. The second-order valence-corrected chi connectivity index (χ2v) is 8.78. The Kier molecular flexibility index (Phi) is 7.19. The monoisotopic (exact) mass is 465 g/mol. The van der Waals surface area contributed by atoms with Crippen molar-refractivity contribution in [2.45, 2.75) is 39.2 Å². The lowest BCUT2D eigenvalue weighted by atomic mass is 9.93. The molecule has 180 valence electrons. The van der Waals surface area contributed by atoms with Gasteiger partial charge in [0.1, 0.15) is 11.5 Å². The Morgan fingerprint density at radius 2 is 1.97 bits per heavy atom. The molecule has 1 aliphatic heterocycles. The van der Waals surface area contributed by atoms with Crippen LogP contribution >= 0.6 is 0 Å². The number of morpholine rings is 1. The summed E-state index contributed by atoms with van der Waals surface area (Å²) < 4.78 is 11.4. The predicted molar refractivity (Wildman–Crippen MR) is 129 cm³/mol. The Morgan fingerprint density at radius 3 is 2.62 bits per heavy atom. The number of nitrogens with zero attached hydrogens (tertiary/aromatic N) is 1. The van der Waals surface area contributed by atoms with Crippen molar-refractivity contribution in [2.24, 2.45) is 0 Å². The van der Waals surface area contributed by atoms with Gasteiger partial charge in [-0.05, 0) is 42.0 Å². The molecule has 1 unspecified atom stereocenters. The summed E-state index contributed by atoms with van der Waals surface area (Å²) in [7, 11) is 0. The number of hydrogen-bond donors (Lipinski definition) is 4. The van der Waals surface area contributed by atoms with Crippen molar-refractivity contribution in [1.29, 1.82) is 0 Å². The number of rotatable bonds is 7. The van der Waals surface area contributed by atoms with Crippen LogP contribution in [0.1, 0.15) is 48.3 Å². The fourth-order valence-corrected chi connectivity index (χ4v) is 4.20. The minimum absolute atomic E-state index is 0.00467. The van der Waals surface area contributed by atoms with Gasteiger partial charge in [-0.1, -0.05) is 43.3 Å². The van der Waals surface area contributed by atoms with Gasteiger partial charge in [0.25, 0.3) is 5.91 Å². The number of carbonyl (C=O) groups is 1. The summed E-state index contributed by atoms with van der Waals surface area (Å²) in [5.41, 5.74) is 3.51. The number of ether oxygens (including phenoxy) is 1. The number of amides is 1. The highest BCUT2D eigenvalue weighted by Crippen LogP contribution is 2.43. The molecule has 0 spiro atoms. The molecule has 1 aliphatic rings. The minimum Gasteiger partial charge on any atom is -0.508 e. The van der Waals surface area contributed by atoms with Crippen molar-refractivity contribution in [1.82, 2.24) is 15.8 Å². The van der Waals surface area contributed by atoms with E-state index in [9.17, 15) is 15.0 Å². The van der Waals surface area contributed by atoms with Crippen molar-refractivity contribution < 1.29 is 24.3 Å². The third kappa shape index (κ3) is 4.93. The third-order valence-electron chi connectivity index (χ3n) is 5.97. The quantitative estimate of drug-likeness (QED) is 0.419. The lowest BCUT2D eigenvalue weighted by Gasteiger charge is -2.23. The van der Waals surface area contributed by atoms with Crippen molar-refractivity contribution >= 4 is 5.91 Å². The number of aromatic hydroxyl groups is 2. The molecule has 2 heterocycles. The van der Waals surface area contributed by atoms with Gasteiger partial charge in [-0.25, -0.2) is 0 Å². The van der Waals surface area contributed by atoms with Crippen LogP contribution in [-0.2, 0) is 11.2 Å². The summed E-state index contributed by atoms with van der Waals surface area (Å²) in [6.45, 7) is 8.56. The SMILES string of the molecule is CCNC(=O)c1noc(-c2cc(C(C)C)c(O)cc2O)c1-c1ccc(CC2CNCCO2)cc1. The Hall–Kier alpha value is -3.36. The van der Waals surface area contributed by atoms with Crippen molar-refractivity contribution in [3.05, 3.63) is 53.2 Å². The van der Waals surface area contributed by atoms with Crippen LogP contribution in [0.2, 0.25) is 0 Å². The van der Waals surface area contributed by atoms with Gasteiger partial charge >= 0.3 is 0 Å². The van der Waals surface area contributed by atoms with E-state index in [-0.39, 0.29) is 40.9 Å². The van der Waals surface area contributed by atoms with E-state index in [4.69, 9.17) is 9.26 Å². The molecule has 0 aliphatic carbocycles. The highest BCUT2D eigenvalue weighted by molar-refractivity contribution is 6.02. The molecule has 0 radical (unpaired) electrons. The number of phenolic OH excluding ortho intramolecular Hbond substituents is 2. The Balaban J connectivity index is 1.76. The van der Waals surface area contributed by atoms with Gasteiger partial charge in [0.2, 0.25) is 0 Å². The van der Waals surface area contributed by atoms with E-state index in [0.29, 0.717) is 29.8 Å². The molecule has 0 saturated carbocycles. The number of nitrogens with one attached hydrogen (secondary N) is 2. The molecule has 2 aromatic carbocycles. The van der Waals surface area contributed by atoms with Crippen LogP contribution in [0.25, 0.3) is 22.5 Å². The number of hydrogen-bond acceptors (Lipinski definition) is 7. The van der Waals surface area contributed by atoms with Crippen molar-refractivity contribution in [3.63, 3.8) is 0 Å². The highest BCUT2D eigenvalue weighted by atomic mass is 16.5. The highest BCUT2D eigenvalue weighted by Gasteiger charge is 2.27. The van der Waals surface area contributed by atoms with Gasteiger partial charge in [-0.2, -0.15) is 0 Å². The first-order valence-corrected chi connectivity index (χ1v) is 11.6. The molecule has 8 nitrogen and oxygen atoms in total. The molecule has 3 aromatic rings. The van der Waals surface area contributed by atoms with Crippen LogP contribution in [0, 0.1) is 0 Å². The normalized spacial score (nSPS) is 16.1. The smallest absolute Gasteiger partial charge is 0.274 e. The van der Waals surface area contributed by atoms with Gasteiger partial charge in [-0.3, -0.25) is 4.79 Å². The van der Waals surface area contributed by atoms with E-state index >= 15 is 0 Å². The lowest BCUT2D eigenvalue weighted by molar-refractivity contribution is 0.0292. The predicted octanol–water partition coefficient (Wildman–Crippen LogP) is 3.82. The third-order valence-corrected chi connectivity index (χ3v) is 5.97. The second-order valence-electron chi connectivity index (χ2n) is 8.78. The molecule has 1 saturated heterocycles. The molecule has 4 rings (SSSR count). The van der Waals surface area contributed by atoms with Gasteiger partial charge in [-0.15, -0.1) is 0 Å². The van der Waals surface area contributed by atoms with E-state index in [2.05, 4.69) is 15.8 Å². The average molecular weight is 466 g/mol. The lowest BCUT2D eigenvalue weighted by Crippen LogP contribution is -2.39. The van der Waals surface area contributed by atoms with Gasteiger partial charge in [0, 0.05) is 25.7 Å². The van der Waals surface area contributed by atoms with Crippen LogP contribution in [0.4, 0.5) is 0 Å². The van der Waals surface area contributed by atoms with Gasteiger partial charge in [0.05, 0.1) is 23.8 Å². The summed E-state index contributed by atoms with van der Waals surface area (Å²) >= 11 is 0. The molecule has 8 heteroatoms. The molecule has 34 heavy (non-hydrogen) atoms. The molecule has 0 bridgehead atoms. The second kappa shape index (κ2) is 10.3. The first-order valence-electron chi connectivity index (χ1n) is 11.6. The zero-order chi connectivity index (χ0) is 24.2. The zero-order valence-corrected chi connectivity index (χ0v) is 19.7. The fourth-order valence-electron chi connectivity index (χ4n) is 4.20. The van der Waals surface area contributed by atoms with Crippen LogP contribution in [0.3, 0.4) is 0 Å². The Bertz CT molecular complexity index is 1150. The summed E-state index contributed by atoms with van der Waals surface area (Å²) in [6.07, 6.45) is 0.906. The minimum atomic E-state index is -0.361. The largest absolute Gasteiger partial charge is 0.508 e. The number of benzene rings is 2. The number of aromatic nitrogens is 1. The summed E-state index contributed by atoms with van der Waals surface area (Å²) in [5.74, 6) is -0.219. The summed E-state index contributed by atoms with van der Waals surface area (Å²) in [5, 5.41) is 31.1. The van der Waals surface area contributed by atoms with Gasteiger partial charge in [0.15, 0.2) is 11.5 Å². The first-order chi connectivity index (χ1) is 16.4. The van der Waals surface area contributed by atoms with Crippen LogP contribution in [0.5, 0.6) is 11.5 Å². The maximum Gasteiger partial charge on any atom is 0.274 e. The molecule has 1 amide bonds. The van der Waals surface area contributed by atoms with E-state index < -0.39 is 0 Å². The average Bonchev–Trinajstić information content (AvgIpc) is 3.25. The fraction of sp³-hybridized carbons (Fsp3) is 0.385. The topological polar surface area (TPSA) is 117 Å². The molecular weight excluding hydrogens is 434 g/mol. The van der Waals surface area contributed by atoms with Gasteiger partial charge < -0.3 is 30.1 Å². The standard InChI is InChI=1S/C26H31N3O5/c1-4-28-26(32)24-23(17-7-5-16(6-8-17)11-18-14-27-9-10-33-18)25(34-29-24)20-12-19(15(2)3)21(30)13-22(20)31/h5-8,12-13,15,18,27,30-31H,4,9-11,14H2,1-3H3,(H,28,32).